The second-order valence-electron chi connectivity index (χ2n) is 5.07. The molecule has 5 nitrogen and oxygen atoms in total. The van der Waals surface area contributed by atoms with E-state index in [2.05, 4.69) is 15.3 Å². The first kappa shape index (κ1) is 17.8. The number of hydrogen-bond acceptors (Lipinski definition) is 5. The van der Waals surface area contributed by atoms with Crippen LogP contribution in [0, 0.1) is 6.92 Å². The van der Waals surface area contributed by atoms with Crippen molar-refractivity contribution in [2.75, 3.05) is 11.6 Å². The summed E-state index contributed by atoms with van der Waals surface area (Å²) < 4.78 is 5.33. The fourth-order valence-electron chi connectivity index (χ4n) is 2.25. The highest BCUT2D eigenvalue weighted by Crippen LogP contribution is 2.29. The van der Waals surface area contributed by atoms with E-state index < -0.39 is 0 Å². The molecule has 0 aliphatic rings. The van der Waals surface area contributed by atoms with Gasteiger partial charge in [-0.05, 0) is 43.5 Å². The van der Waals surface area contributed by atoms with Gasteiger partial charge in [0.1, 0.15) is 5.03 Å². The number of thioether (sulfide) groups is 1. The number of carbonyl (C=O) groups is 1. The summed E-state index contributed by atoms with van der Waals surface area (Å²) in [7, 11) is 0. The number of amides is 1. The number of furan rings is 1. The Morgan fingerprint density at radius 1 is 1.24 bits per heavy atom. The zero-order chi connectivity index (χ0) is 18.0. The van der Waals surface area contributed by atoms with E-state index in [0.717, 1.165) is 0 Å². The third-order valence-corrected chi connectivity index (χ3v) is 4.63. The predicted octanol–water partition coefficient (Wildman–Crippen LogP) is 5.33. The Morgan fingerprint density at radius 2 is 2.04 bits per heavy atom. The van der Waals surface area contributed by atoms with Crippen LogP contribution in [0.5, 0.6) is 0 Å². The molecule has 1 N–H and O–H groups in total. The highest BCUT2D eigenvalue weighted by atomic mass is 35.5. The van der Waals surface area contributed by atoms with Crippen molar-refractivity contribution < 1.29 is 9.21 Å². The number of nitrogens with zero attached hydrogens (tertiary/aromatic N) is 2. The van der Waals surface area contributed by atoms with E-state index in [-0.39, 0.29) is 5.91 Å². The zero-order valence-electron chi connectivity index (χ0n) is 13.3. The van der Waals surface area contributed by atoms with Crippen LogP contribution in [0.25, 0.3) is 11.6 Å². The van der Waals surface area contributed by atoms with Gasteiger partial charge in [-0.3, -0.25) is 4.79 Å². The molecule has 0 spiro atoms. The largest absolute Gasteiger partial charge is 0.461 e. The number of aryl methyl sites for hydroxylation is 1. The van der Waals surface area contributed by atoms with Crippen LogP contribution >= 0.6 is 35.0 Å². The van der Waals surface area contributed by atoms with Gasteiger partial charge in [0.25, 0.3) is 5.91 Å². The van der Waals surface area contributed by atoms with Crippen LogP contribution in [0.2, 0.25) is 10.0 Å². The lowest BCUT2D eigenvalue weighted by Crippen LogP contribution is -2.17. The third kappa shape index (κ3) is 3.81. The fourth-order valence-corrected chi connectivity index (χ4v) is 3.33. The first-order chi connectivity index (χ1) is 12.0. The maximum atomic E-state index is 12.7. The van der Waals surface area contributed by atoms with Crippen molar-refractivity contribution in [2.45, 2.75) is 11.9 Å². The monoisotopic (exact) mass is 393 g/mol. The maximum absolute atomic E-state index is 12.7. The molecule has 0 fully saturated rings. The van der Waals surface area contributed by atoms with Crippen LogP contribution in [0.1, 0.15) is 16.1 Å². The van der Waals surface area contributed by atoms with Crippen molar-refractivity contribution >= 4 is 46.6 Å². The molecule has 0 atom stereocenters. The predicted molar refractivity (Wildman–Crippen MR) is 101 cm³/mol. The lowest BCUT2D eigenvalue weighted by atomic mass is 10.2. The molecule has 0 bridgehead atoms. The summed E-state index contributed by atoms with van der Waals surface area (Å²) in [5.74, 6) is 0.649. The van der Waals surface area contributed by atoms with E-state index >= 15 is 0 Å². The van der Waals surface area contributed by atoms with Gasteiger partial charge < -0.3 is 9.73 Å². The van der Waals surface area contributed by atoms with Crippen LogP contribution in [0.4, 0.5) is 5.69 Å². The number of benzene rings is 1. The Kier molecular flexibility index (Phi) is 5.32. The van der Waals surface area contributed by atoms with E-state index in [1.165, 1.54) is 11.8 Å². The van der Waals surface area contributed by atoms with Gasteiger partial charge in [0.15, 0.2) is 11.6 Å². The topological polar surface area (TPSA) is 68.0 Å². The van der Waals surface area contributed by atoms with Crippen molar-refractivity contribution in [1.82, 2.24) is 9.97 Å². The zero-order valence-corrected chi connectivity index (χ0v) is 15.7. The van der Waals surface area contributed by atoms with Crippen molar-refractivity contribution in [1.29, 1.82) is 0 Å². The maximum Gasteiger partial charge on any atom is 0.260 e. The minimum atomic E-state index is -0.336. The van der Waals surface area contributed by atoms with Crippen LogP contribution in [0.15, 0.2) is 46.0 Å². The molecule has 0 saturated carbocycles. The first-order valence-electron chi connectivity index (χ1n) is 7.22. The van der Waals surface area contributed by atoms with Gasteiger partial charge in [-0.25, -0.2) is 9.97 Å². The van der Waals surface area contributed by atoms with Gasteiger partial charge in [-0.15, -0.1) is 11.8 Å². The molecule has 3 rings (SSSR count). The normalized spacial score (nSPS) is 10.7. The number of aromatic nitrogens is 2. The molecule has 0 saturated heterocycles. The summed E-state index contributed by atoms with van der Waals surface area (Å²) >= 11 is 13.4. The third-order valence-electron chi connectivity index (χ3n) is 3.40. The molecule has 0 aliphatic carbocycles. The van der Waals surface area contributed by atoms with Gasteiger partial charge in [0.2, 0.25) is 0 Å². The summed E-state index contributed by atoms with van der Waals surface area (Å²) in [6.07, 6.45) is 3.40. The number of hydrogen-bond donors (Lipinski definition) is 1. The van der Waals surface area contributed by atoms with Gasteiger partial charge >= 0.3 is 0 Å². The number of rotatable bonds is 4. The van der Waals surface area contributed by atoms with Crippen molar-refractivity contribution in [2.24, 2.45) is 0 Å². The number of anilines is 1. The summed E-state index contributed by atoms with van der Waals surface area (Å²) in [5.41, 5.74) is 1.42. The molecule has 128 valence electrons. The number of halogens is 2. The lowest BCUT2D eigenvalue weighted by molar-refractivity contribution is 0.102. The molecule has 0 aliphatic heterocycles. The van der Waals surface area contributed by atoms with E-state index in [1.54, 1.807) is 43.5 Å². The number of nitrogens with one attached hydrogen (secondary N) is 1. The Bertz CT molecular complexity index is 930. The molecule has 3 aromatic rings. The summed E-state index contributed by atoms with van der Waals surface area (Å²) in [4.78, 5) is 21.6. The van der Waals surface area contributed by atoms with E-state index in [0.29, 0.717) is 43.6 Å². The van der Waals surface area contributed by atoms with Crippen LogP contribution in [-0.2, 0) is 0 Å². The molecule has 0 radical (unpaired) electrons. The molecular weight excluding hydrogens is 381 g/mol. The van der Waals surface area contributed by atoms with Gasteiger partial charge in [-0.2, -0.15) is 0 Å². The van der Waals surface area contributed by atoms with E-state index in [4.69, 9.17) is 27.6 Å². The molecule has 2 aromatic heterocycles. The quantitative estimate of drug-likeness (QED) is 0.479. The minimum Gasteiger partial charge on any atom is -0.461 e. The first-order valence-corrected chi connectivity index (χ1v) is 9.20. The highest BCUT2D eigenvalue weighted by Gasteiger charge is 2.20. The van der Waals surface area contributed by atoms with Crippen LogP contribution in [0.3, 0.4) is 0 Å². The summed E-state index contributed by atoms with van der Waals surface area (Å²) in [6.45, 7) is 1.76. The average molecular weight is 394 g/mol. The smallest absolute Gasteiger partial charge is 0.260 e. The molecule has 8 heteroatoms. The average Bonchev–Trinajstić information content (AvgIpc) is 3.11. The fraction of sp³-hybridized carbons (Fsp3) is 0.118. The molecule has 1 aromatic carbocycles. The number of carbonyl (C=O) groups excluding carboxylic acids is 1. The summed E-state index contributed by atoms with van der Waals surface area (Å²) in [5, 5.41) is 4.19. The second-order valence-corrected chi connectivity index (χ2v) is 6.71. The lowest BCUT2D eigenvalue weighted by Gasteiger charge is -2.12. The molecule has 25 heavy (non-hydrogen) atoms. The van der Waals surface area contributed by atoms with Gasteiger partial charge in [0, 0.05) is 5.02 Å². The molecular formula is C17H13Cl2N3O2S. The molecule has 1 amide bonds. The van der Waals surface area contributed by atoms with Crippen molar-refractivity contribution in [3.8, 4) is 11.6 Å². The van der Waals surface area contributed by atoms with Crippen molar-refractivity contribution in [3.05, 3.63) is 57.9 Å². The molecule has 0 unspecified atom stereocenters. The standard InChI is InChI=1S/C17H13Cl2N3O2S/c1-9-14(16(23)21-12-6-5-10(18)8-11(12)19)17(25-2)22-15(20-9)13-4-3-7-24-13/h3-8H,1-2H3,(H,21,23). The Labute approximate surface area is 158 Å². The van der Waals surface area contributed by atoms with Gasteiger partial charge in [-0.1, -0.05) is 23.2 Å². The SMILES string of the molecule is CSc1nc(-c2ccco2)nc(C)c1C(=O)Nc1ccc(Cl)cc1Cl. The Morgan fingerprint density at radius 3 is 2.68 bits per heavy atom. The van der Waals surface area contributed by atoms with Crippen LogP contribution < -0.4 is 5.32 Å². The highest BCUT2D eigenvalue weighted by molar-refractivity contribution is 7.98. The minimum absolute atomic E-state index is 0.336. The Hall–Kier alpha value is -2.02. The van der Waals surface area contributed by atoms with E-state index in [9.17, 15) is 4.79 Å². The van der Waals surface area contributed by atoms with E-state index in [1.807, 2.05) is 6.26 Å². The van der Waals surface area contributed by atoms with Gasteiger partial charge in [0.05, 0.1) is 28.2 Å². The van der Waals surface area contributed by atoms with Crippen molar-refractivity contribution in [3.63, 3.8) is 0 Å². The Balaban J connectivity index is 1.97. The molecule has 2 heterocycles. The second kappa shape index (κ2) is 7.47. The van der Waals surface area contributed by atoms with Crippen LogP contribution in [-0.4, -0.2) is 22.1 Å². The summed E-state index contributed by atoms with van der Waals surface area (Å²) in [6, 6.07) is 8.40.